The van der Waals surface area contributed by atoms with Gasteiger partial charge in [-0.2, -0.15) is 8.78 Å². The van der Waals surface area contributed by atoms with Crippen LogP contribution in [0.5, 0.6) is 11.5 Å². The lowest BCUT2D eigenvalue weighted by Crippen LogP contribution is -2.59. The van der Waals surface area contributed by atoms with Gasteiger partial charge in [0.05, 0.1) is 26.3 Å². The number of hydrogen-bond acceptors (Lipinski definition) is 9. The van der Waals surface area contributed by atoms with Crippen molar-refractivity contribution >= 4 is 30.4 Å². The number of carboxylic acid groups (broad SMARTS) is 1. The number of aromatic nitrogens is 1. The van der Waals surface area contributed by atoms with Gasteiger partial charge in [0, 0.05) is 18.7 Å². The maximum Gasteiger partial charge on any atom is 0.409 e. The number of nitrogens with two attached hydrogens (primary N) is 1. The second-order valence-electron chi connectivity index (χ2n) is 9.08. The zero-order chi connectivity index (χ0) is 27.6. The van der Waals surface area contributed by atoms with Crippen LogP contribution >= 0.6 is 12.4 Å². The van der Waals surface area contributed by atoms with Crippen molar-refractivity contribution in [1.82, 2.24) is 14.8 Å². The van der Waals surface area contributed by atoms with E-state index in [1.54, 1.807) is 6.92 Å². The number of carbonyl (C=O) groups is 3. The molecular weight excluding hydrogens is 546 g/mol. The van der Waals surface area contributed by atoms with Gasteiger partial charge in [0.15, 0.2) is 23.0 Å². The fourth-order valence-electron chi connectivity index (χ4n) is 4.02. The molecule has 1 unspecified atom stereocenters. The van der Waals surface area contributed by atoms with Crippen molar-refractivity contribution in [1.29, 1.82) is 0 Å². The largest absolute Gasteiger partial charge is 0.489 e. The first kappa shape index (κ1) is 29.9. The number of hydrogen-bond donors (Lipinski definition) is 2. The molecule has 1 aliphatic carbocycles. The van der Waals surface area contributed by atoms with Gasteiger partial charge >= 0.3 is 18.7 Å². The highest BCUT2D eigenvalue weighted by Gasteiger charge is 2.40. The molecule has 2 aromatic rings. The number of benzene rings is 1. The quantitative estimate of drug-likeness (QED) is 0.456. The molecule has 214 valence electrons. The van der Waals surface area contributed by atoms with E-state index in [-0.39, 0.29) is 60.9 Å². The number of carbonyl (C=O) groups excluding carboxylic acids is 2. The van der Waals surface area contributed by atoms with Gasteiger partial charge in [-0.1, -0.05) is 0 Å². The molecule has 1 aliphatic heterocycles. The summed E-state index contributed by atoms with van der Waals surface area (Å²) in [5.74, 6) is -1.84. The van der Waals surface area contributed by atoms with Crippen molar-refractivity contribution in [2.75, 3.05) is 33.4 Å². The molecule has 1 saturated carbocycles. The van der Waals surface area contributed by atoms with E-state index < -0.39 is 36.7 Å². The lowest BCUT2D eigenvalue weighted by molar-refractivity contribution is -0.144. The Morgan fingerprint density at radius 3 is 2.54 bits per heavy atom. The van der Waals surface area contributed by atoms with E-state index in [1.165, 1.54) is 30.2 Å². The van der Waals surface area contributed by atoms with Crippen molar-refractivity contribution in [2.45, 2.75) is 38.5 Å². The summed E-state index contributed by atoms with van der Waals surface area (Å²) < 4.78 is 46.5. The average Bonchev–Trinajstić information content (AvgIpc) is 3.61. The number of aliphatic carboxylic acids is 1. The molecule has 1 aromatic carbocycles. The van der Waals surface area contributed by atoms with Crippen LogP contribution in [-0.2, 0) is 9.53 Å². The number of nitrogens with zero attached hydrogens (tertiary/aromatic N) is 3. The number of alkyl halides is 2. The first-order valence-electron chi connectivity index (χ1n) is 11.9. The standard InChI is InChI=1S/C24H28F2N4O8.ClH/c1-12(27)19-18(21(31)30-8-7-29(24(34)35-2)10-15(30)22(32)33)28-20(38-19)14-5-6-16(37-23(25)26)17(9-14)36-11-13-3-4-13;/h5-6,9,12-13,15,23H,3-4,7-8,10-11,27H2,1-2H3,(H,32,33);1H/t12-,15?;/m0./s1. The lowest BCUT2D eigenvalue weighted by atomic mass is 10.1. The van der Waals surface area contributed by atoms with Crippen LogP contribution in [-0.4, -0.2) is 83.9 Å². The third kappa shape index (κ3) is 6.87. The van der Waals surface area contributed by atoms with Gasteiger partial charge in [-0.25, -0.2) is 14.6 Å². The van der Waals surface area contributed by atoms with E-state index in [0.717, 1.165) is 17.7 Å². The number of ether oxygens (including phenoxy) is 3. The summed E-state index contributed by atoms with van der Waals surface area (Å²) in [5, 5.41) is 9.73. The van der Waals surface area contributed by atoms with Crippen molar-refractivity contribution in [3.63, 3.8) is 0 Å². The molecule has 4 rings (SSSR count). The highest BCUT2D eigenvalue weighted by atomic mass is 35.5. The van der Waals surface area contributed by atoms with Crippen LogP contribution < -0.4 is 15.2 Å². The maximum absolute atomic E-state index is 13.5. The van der Waals surface area contributed by atoms with Gasteiger partial charge in [0.2, 0.25) is 5.89 Å². The fourth-order valence-corrected chi connectivity index (χ4v) is 4.02. The van der Waals surface area contributed by atoms with Gasteiger partial charge in [-0.05, 0) is 43.9 Å². The minimum absolute atomic E-state index is 0. The second kappa shape index (κ2) is 12.5. The minimum Gasteiger partial charge on any atom is -0.489 e. The Labute approximate surface area is 228 Å². The van der Waals surface area contributed by atoms with Crippen LogP contribution in [0.4, 0.5) is 13.6 Å². The molecule has 2 atom stereocenters. The summed E-state index contributed by atoms with van der Waals surface area (Å²) in [6.07, 6.45) is 1.26. The summed E-state index contributed by atoms with van der Waals surface area (Å²) in [6, 6.07) is 1.97. The van der Waals surface area contributed by atoms with E-state index in [0.29, 0.717) is 18.1 Å². The molecule has 2 fully saturated rings. The van der Waals surface area contributed by atoms with Gasteiger partial charge in [0.25, 0.3) is 5.91 Å². The molecule has 0 radical (unpaired) electrons. The third-order valence-electron chi connectivity index (χ3n) is 6.21. The summed E-state index contributed by atoms with van der Waals surface area (Å²) in [7, 11) is 1.18. The first-order chi connectivity index (χ1) is 18.1. The Hall–Kier alpha value is -3.65. The molecule has 0 spiro atoms. The number of carboxylic acids is 1. The fraction of sp³-hybridized carbons (Fsp3) is 0.500. The number of halogens is 3. The van der Waals surface area contributed by atoms with Crippen molar-refractivity contribution in [2.24, 2.45) is 11.7 Å². The lowest BCUT2D eigenvalue weighted by Gasteiger charge is -2.38. The van der Waals surface area contributed by atoms with E-state index in [1.807, 2.05) is 0 Å². The highest BCUT2D eigenvalue weighted by molar-refractivity contribution is 5.97. The predicted octanol–water partition coefficient (Wildman–Crippen LogP) is 3.15. The topological polar surface area (TPSA) is 158 Å². The van der Waals surface area contributed by atoms with Gasteiger partial charge in [-0.15, -0.1) is 12.4 Å². The highest BCUT2D eigenvalue weighted by Crippen LogP contribution is 2.37. The SMILES string of the molecule is COC(=O)N1CCN(C(=O)c2nc(-c3ccc(OC(F)F)c(OCC4CC4)c3)oc2[C@H](C)N)C(C(=O)O)C1.Cl. The molecule has 12 nitrogen and oxygen atoms in total. The first-order valence-corrected chi connectivity index (χ1v) is 11.9. The maximum atomic E-state index is 13.5. The van der Waals surface area contributed by atoms with Gasteiger partial charge < -0.3 is 39.3 Å². The van der Waals surface area contributed by atoms with E-state index >= 15 is 0 Å². The number of amides is 2. The Morgan fingerprint density at radius 2 is 1.95 bits per heavy atom. The summed E-state index contributed by atoms with van der Waals surface area (Å²) in [4.78, 5) is 43.9. The summed E-state index contributed by atoms with van der Waals surface area (Å²) in [6.45, 7) is -1.48. The zero-order valence-corrected chi connectivity index (χ0v) is 22.0. The Balaban J connectivity index is 0.00000420. The summed E-state index contributed by atoms with van der Waals surface area (Å²) in [5.41, 5.74) is 6.14. The summed E-state index contributed by atoms with van der Waals surface area (Å²) >= 11 is 0. The normalized spacial score (nSPS) is 17.8. The number of oxazole rings is 1. The molecule has 0 bridgehead atoms. The second-order valence-corrected chi connectivity index (χ2v) is 9.08. The molecule has 15 heteroatoms. The van der Waals surface area contributed by atoms with E-state index in [4.69, 9.17) is 14.9 Å². The monoisotopic (exact) mass is 574 g/mol. The Kier molecular flexibility index (Phi) is 9.56. The Bertz CT molecular complexity index is 1210. The molecule has 39 heavy (non-hydrogen) atoms. The number of rotatable bonds is 9. The van der Waals surface area contributed by atoms with E-state index in [9.17, 15) is 28.3 Å². The molecule has 2 amide bonds. The smallest absolute Gasteiger partial charge is 0.409 e. The zero-order valence-electron chi connectivity index (χ0n) is 21.2. The van der Waals surface area contributed by atoms with Crippen LogP contribution in [0.25, 0.3) is 11.5 Å². The van der Waals surface area contributed by atoms with Crippen LogP contribution in [0, 0.1) is 5.92 Å². The minimum atomic E-state index is -3.05. The van der Waals surface area contributed by atoms with Crippen molar-refractivity contribution in [3.05, 3.63) is 29.7 Å². The average molecular weight is 575 g/mol. The molecule has 2 aliphatic rings. The van der Waals surface area contributed by atoms with Gasteiger partial charge in [0.1, 0.15) is 6.04 Å². The molecule has 1 aromatic heterocycles. The van der Waals surface area contributed by atoms with Crippen LogP contribution in [0.15, 0.2) is 22.6 Å². The molecular formula is C24H29ClF2N4O8. The van der Waals surface area contributed by atoms with Crippen LogP contribution in [0.3, 0.4) is 0 Å². The number of methoxy groups -OCH3 is 1. The molecule has 2 heterocycles. The predicted molar refractivity (Wildman–Crippen MR) is 133 cm³/mol. The molecule has 3 N–H and O–H groups in total. The third-order valence-corrected chi connectivity index (χ3v) is 6.21. The molecule has 1 saturated heterocycles. The van der Waals surface area contributed by atoms with Crippen molar-refractivity contribution < 1.29 is 46.9 Å². The van der Waals surface area contributed by atoms with E-state index in [2.05, 4.69) is 14.5 Å². The van der Waals surface area contributed by atoms with Crippen molar-refractivity contribution in [3.8, 4) is 23.0 Å². The number of piperazine rings is 1. The van der Waals surface area contributed by atoms with Crippen LogP contribution in [0.2, 0.25) is 0 Å². The van der Waals surface area contributed by atoms with Crippen LogP contribution in [0.1, 0.15) is 42.1 Å². The van der Waals surface area contributed by atoms with Gasteiger partial charge in [-0.3, -0.25) is 4.79 Å². The Morgan fingerprint density at radius 1 is 1.23 bits per heavy atom.